The van der Waals surface area contributed by atoms with Gasteiger partial charge in [-0.1, -0.05) is 63.2 Å². The largest absolute Gasteiger partial charge is 0.478 e. The van der Waals surface area contributed by atoms with Crippen LogP contribution in [0.2, 0.25) is 0 Å². The molecular formula is C24H27N3O3. The molecule has 0 aliphatic heterocycles. The molecule has 3 rings (SSSR count). The molecule has 0 radical (unpaired) electrons. The molecule has 0 saturated heterocycles. The molecule has 0 amide bonds. The second kappa shape index (κ2) is 9.48. The number of hydrogen-bond donors (Lipinski definition) is 1. The number of carbonyl (C=O) groups excluding carboxylic acids is 1. The Labute approximate surface area is 176 Å². The van der Waals surface area contributed by atoms with E-state index in [0.717, 1.165) is 29.9 Å². The van der Waals surface area contributed by atoms with Crippen LogP contribution in [0.4, 0.5) is 0 Å². The second-order valence-electron chi connectivity index (χ2n) is 7.76. The van der Waals surface area contributed by atoms with E-state index in [1.54, 1.807) is 12.1 Å². The third-order valence-corrected chi connectivity index (χ3v) is 5.02. The van der Waals surface area contributed by atoms with Gasteiger partial charge in [0, 0.05) is 19.4 Å². The van der Waals surface area contributed by atoms with Crippen molar-refractivity contribution in [2.45, 2.75) is 46.6 Å². The number of carboxylic acid groups (broad SMARTS) is 1. The summed E-state index contributed by atoms with van der Waals surface area (Å²) in [5.41, 5.74) is 2.84. The lowest BCUT2D eigenvalue weighted by molar-refractivity contribution is 0.0697. The number of carboxylic acids is 1. The second-order valence-corrected chi connectivity index (χ2v) is 7.76. The number of Topliss-reactive ketones (excluding diaryl/α,β-unsaturated/α-hetero) is 1. The summed E-state index contributed by atoms with van der Waals surface area (Å²) >= 11 is 0. The minimum atomic E-state index is -0.943. The van der Waals surface area contributed by atoms with Crippen molar-refractivity contribution in [2.24, 2.45) is 5.92 Å². The van der Waals surface area contributed by atoms with E-state index in [4.69, 9.17) is 0 Å². The van der Waals surface area contributed by atoms with Crippen LogP contribution >= 0.6 is 0 Å². The highest BCUT2D eigenvalue weighted by atomic mass is 16.4. The Morgan fingerprint density at radius 2 is 1.77 bits per heavy atom. The molecular weight excluding hydrogens is 378 g/mol. The maximum atomic E-state index is 12.1. The Bertz CT molecular complexity index is 1040. The first-order chi connectivity index (χ1) is 14.4. The summed E-state index contributed by atoms with van der Waals surface area (Å²) in [5, 5.41) is 13.9. The van der Waals surface area contributed by atoms with E-state index in [2.05, 4.69) is 23.9 Å². The molecule has 0 unspecified atom stereocenters. The van der Waals surface area contributed by atoms with Gasteiger partial charge in [0.2, 0.25) is 11.6 Å². The molecule has 3 aromatic rings. The molecule has 0 atom stereocenters. The van der Waals surface area contributed by atoms with Gasteiger partial charge in [-0.05, 0) is 35.1 Å². The fourth-order valence-electron chi connectivity index (χ4n) is 3.25. The quantitative estimate of drug-likeness (QED) is 0.513. The molecule has 0 bridgehead atoms. The molecule has 0 fully saturated rings. The van der Waals surface area contributed by atoms with Gasteiger partial charge in [0.25, 0.3) is 0 Å². The minimum Gasteiger partial charge on any atom is -0.478 e. The van der Waals surface area contributed by atoms with Gasteiger partial charge in [-0.3, -0.25) is 4.79 Å². The summed E-state index contributed by atoms with van der Waals surface area (Å²) in [6, 6.07) is 14.7. The highest BCUT2D eigenvalue weighted by Crippen LogP contribution is 2.24. The summed E-state index contributed by atoms with van der Waals surface area (Å²) in [7, 11) is 0. The molecule has 156 valence electrons. The van der Waals surface area contributed by atoms with Crippen LogP contribution in [0.25, 0.3) is 11.1 Å². The Hall–Kier alpha value is -3.28. The monoisotopic (exact) mass is 405 g/mol. The van der Waals surface area contributed by atoms with E-state index in [-0.39, 0.29) is 17.2 Å². The van der Waals surface area contributed by atoms with Crippen molar-refractivity contribution in [2.75, 3.05) is 0 Å². The van der Waals surface area contributed by atoms with Crippen LogP contribution in [-0.4, -0.2) is 31.6 Å². The molecule has 1 heterocycles. The van der Waals surface area contributed by atoms with Crippen molar-refractivity contribution in [3.63, 3.8) is 0 Å². The highest BCUT2D eigenvalue weighted by Gasteiger charge is 2.16. The number of benzene rings is 2. The number of aromatic nitrogens is 3. The lowest BCUT2D eigenvalue weighted by atomic mass is 9.98. The van der Waals surface area contributed by atoms with Crippen LogP contribution in [0.3, 0.4) is 0 Å². The zero-order valence-electron chi connectivity index (χ0n) is 17.6. The van der Waals surface area contributed by atoms with Crippen LogP contribution in [0.5, 0.6) is 0 Å². The standard InChI is InChI=1S/C24H27N3O3/c1-4-21(28)23-25-22(27(26-23)14-13-16(2)3)15-17-9-11-18(12-10-17)19-7-5-6-8-20(19)24(29)30/h5-12,16H,4,13-15H2,1-3H3,(H,29,30). The van der Waals surface area contributed by atoms with Crippen LogP contribution in [0.1, 0.15) is 66.0 Å². The van der Waals surface area contributed by atoms with Crippen LogP contribution in [0, 0.1) is 5.92 Å². The zero-order valence-corrected chi connectivity index (χ0v) is 17.6. The molecule has 6 heteroatoms. The third-order valence-electron chi connectivity index (χ3n) is 5.02. The van der Waals surface area contributed by atoms with Gasteiger partial charge in [-0.15, -0.1) is 5.10 Å². The van der Waals surface area contributed by atoms with E-state index < -0.39 is 5.97 Å². The molecule has 0 spiro atoms. The first kappa shape index (κ1) is 21.4. The summed E-state index contributed by atoms with van der Waals surface area (Å²) in [6.45, 7) is 6.84. The smallest absolute Gasteiger partial charge is 0.336 e. The SMILES string of the molecule is CCC(=O)c1nc(Cc2ccc(-c3ccccc3C(=O)O)cc2)n(CCC(C)C)n1. The number of carbonyl (C=O) groups is 2. The predicted octanol–water partition coefficient (Wildman–Crippen LogP) is 4.87. The van der Waals surface area contributed by atoms with Crippen LogP contribution in [0.15, 0.2) is 48.5 Å². The fraction of sp³-hybridized carbons (Fsp3) is 0.333. The van der Waals surface area contributed by atoms with Gasteiger partial charge in [0.05, 0.1) is 5.56 Å². The molecule has 0 aliphatic carbocycles. The average molecular weight is 405 g/mol. The van der Waals surface area contributed by atoms with E-state index in [9.17, 15) is 14.7 Å². The van der Waals surface area contributed by atoms with Gasteiger partial charge in [0.1, 0.15) is 5.82 Å². The lowest BCUT2D eigenvalue weighted by Crippen LogP contribution is -2.09. The van der Waals surface area contributed by atoms with Crippen molar-refractivity contribution in [3.05, 3.63) is 71.3 Å². The van der Waals surface area contributed by atoms with Gasteiger partial charge in [-0.25, -0.2) is 14.5 Å². The van der Waals surface area contributed by atoms with Crippen LogP contribution < -0.4 is 0 Å². The van der Waals surface area contributed by atoms with E-state index in [0.29, 0.717) is 24.3 Å². The summed E-state index contributed by atoms with van der Waals surface area (Å²) in [5.74, 6) is 0.580. The maximum Gasteiger partial charge on any atom is 0.336 e. The van der Waals surface area contributed by atoms with Gasteiger partial charge < -0.3 is 5.11 Å². The molecule has 6 nitrogen and oxygen atoms in total. The number of hydrogen-bond acceptors (Lipinski definition) is 4. The van der Waals surface area contributed by atoms with Gasteiger partial charge >= 0.3 is 5.97 Å². The number of nitrogens with zero attached hydrogens (tertiary/aromatic N) is 3. The third kappa shape index (κ3) is 5.00. The van der Waals surface area contributed by atoms with Crippen molar-refractivity contribution in [1.29, 1.82) is 0 Å². The molecule has 30 heavy (non-hydrogen) atoms. The molecule has 0 saturated carbocycles. The first-order valence-electron chi connectivity index (χ1n) is 10.3. The molecule has 0 aliphatic rings. The maximum absolute atomic E-state index is 12.1. The first-order valence-corrected chi connectivity index (χ1v) is 10.3. The Kier molecular flexibility index (Phi) is 6.77. The Morgan fingerprint density at radius 1 is 1.07 bits per heavy atom. The normalized spacial score (nSPS) is 11.1. The van der Waals surface area contributed by atoms with Gasteiger partial charge in [0.15, 0.2) is 0 Å². The highest BCUT2D eigenvalue weighted by molar-refractivity contribution is 5.96. The summed E-state index contributed by atoms with van der Waals surface area (Å²) in [6.07, 6.45) is 1.90. The van der Waals surface area contributed by atoms with E-state index in [1.807, 2.05) is 48.0 Å². The molecule has 1 N–H and O–H groups in total. The van der Waals surface area contributed by atoms with Crippen molar-refractivity contribution < 1.29 is 14.7 Å². The number of aromatic carboxylic acids is 1. The fourth-order valence-corrected chi connectivity index (χ4v) is 3.25. The van der Waals surface area contributed by atoms with Gasteiger partial charge in [-0.2, -0.15) is 0 Å². The average Bonchev–Trinajstić information content (AvgIpc) is 3.14. The van der Waals surface area contributed by atoms with E-state index >= 15 is 0 Å². The van der Waals surface area contributed by atoms with Crippen molar-refractivity contribution in [1.82, 2.24) is 14.8 Å². The molecule has 1 aromatic heterocycles. The number of ketones is 1. The summed E-state index contributed by atoms with van der Waals surface area (Å²) in [4.78, 5) is 28.1. The Balaban J connectivity index is 1.85. The topological polar surface area (TPSA) is 85.1 Å². The number of rotatable bonds is 9. The molecule has 2 aromatic carbocycles. The Morgan fingerprint density at radius 3 is 2.40 bits per heavy atom. The predicted molar refractivity (Wildman–Crippen MR) is 116 cm³/mol. The van der Waals surface area contributed by atoms with Crippen molar-refractivity contribution in [3.8, 4) is 11.1 Å². The minimum absolute atomic E-state index is 0.0554. The van der Waals surface area contributed by atoms with Crippen molar-refractivity contribution >= 4 is 11.8 Å². The van der Waals surface area contributed by atoms with Crippen LogP contribution in [-0.2, 0) is 13.0 Å². The number of aryl methyl sites for hydroxylation is 1. The zero-order chi connectivity index (χ0) is 21.7. The summed E-state index contributed by atoms with van der Waals surface area (Å²) < 4.78 is 1.84. The van der Waals surface area contributed by atoms with E-state index in [1.165, 1.54) is 0 Å². The lowest BCUT2D eigenvalue weighted by Gasteiger charge is -2.09.